The standard InChI is InChI=1S/C16H10O9/c17-13(18)7-1-3-10(15(21)22)12(5-7)25-8-2-4-9(14(19)20)11(6-8)16(23)24/h1-6H,(H,17,18)(H,19,20)(H,21,22)(H,23,24). The number of rotatable bonds is 6. The summed E-state index contributed by atoms with van der Waals surface area (Å²) in [6.07, 6.45) is 0. The minimum atomic E-state index is -1.51. The Hall–Kier alpha value is -3.88. The number of hydrogen-bond acceptors (Lipinski definition) is 5. The van der Waals surface area contributed by atoms with Crippen molar-refractivity contribution in [2.24, 2.45) is 0 Å². The average Bonchev–Trinajstić information content (AvgIpc) is 2.54. The molecule has 0 amide bonds. The molecule has 25 heavy (non-hydrogen) atoms. The normalized spacial score (nSPS) is 10.1. The zero-order valence-electron chi connectivity index (χ0n) is 12.3. The Morgan fingerprint density at radius 2 is 1.20 bits per heavy atom. The van der Waals surface area contributed by atoms with E-state index < -0.39 is 35.0 Å². The molecule has 0 aliphatic rings. The Balaban J connectivity index is 2.52. The van der Waals surface area contributed by atoms with Gasteiger partial charge in [-0.3, -0.25) is 0 Å². The van der Waals surface area contributed by atoms with E-state index in [9.17, 15) is 19.2 Å². The van der Waals surface area contributed by atoms with E-state index >= 15 is 0 Å². The van der Waals surface area contributed by atoms with Crippen LogP contribution in [0.3, 0.4) is 0 Å². The van der Waals surface area contributed by atoms with Crippen LogP contribution in [-0.4, -0.2) is 44.3 Å². The van der Waals surface area contributed by atoms with E-state index in [0.29, 0.717) is 0 Å². The predicted molar refractivity (Wildman–Crippen MR) is 80.8 cm³/mol. The van der Waals surface area contributed by atoms with Crippen LogP contribution in [-0.2, 0) is 0 Å². The molecular weight excluding hydrogens is 336 g/mol. The van der Waals surface area contributed by atoms with Crippen molar-refractivity contribution in [2.45, 2.75) is 0 Å². The number of benzene rings is 2. The molecule has 0 fully saturated rings. The highest BCUT2D eigenvalue weighted by Gasteiger charge is 2.19. The van der Waals surface area contributed by atoms with E-state index in [4.69, 9.17) is 25.2 Å². The molecule has 0 aromatic heterocycles. The molecule has 2 rings (SSSR count). The van der Waals surface area contributed by atoms with Gasteiger partial charge in [-0.25, -0.2) is 19.2 Å². The van der Waals surface area contributed by atoms with E-state index in [1.165, 1.54) is 0 Å². The topological polar surface area (TPSA) is 158 Å². The van der Waals surface area contributed by atoms with E-state index in [-0.39, 0.29) is 22.6 Å². The second-order valence-electron chi connectivity index (χ2n) is 4.74. The maximum absolute atomic E-state index is 11.2. The van der Waals surface area contributed by atoms with Crippen molar-refractivity contribution in [3.05, 3.63) is 58.7 Å². The molecule has 9 heteroatoms. The molecule has 0 bridgehead atoms. The van der Waals surface area contributed by atoms with Gasteiger partial charge >= 0.3 is 23.9 Å². The first kappa shape index (κ1) is 17.5. The van der Waals surface area contributed by atoms with Gasteiger partial charge in [0.15, 0.2) is 0 Å². The lowest BCUT2D eigenvalue weighted by molar-refractivity contribution is 0.0651. The van der Waals surface area contributed by atoms with Gasteiger partial charge in [0.1, 0.15) is 17.1 Å². The molecule has 0 spiro atoms. The average molecular weight is 346 g/mol. The van der Waals surface area contributed by atoms with Gasteiger partial charge in [0.25, 0.3) is 0 Å². The summed E-state index contributed by atoms with van der Waals surface area (Å²) in [5, 5.41) is 36.1. The molecular formula is C16H10O9. The fourth-order valence-electron chi connectivity index (χ4n) is 1.99. The van der Waals surface area contributed by atoms with Crippen molar-refractivity contribution in [1.29, 1.82) is 0 Å². The van der Waals surface area contributed by atoms with Gasteiger partial charge in [-0.2, -0.15) is 0 Å². The summed E-state index contributed by atoms with van der Waals surface area (Å²) in [4.78, 5) is 44.4. The molecule has 0 unspecified atom stereocenters. The molecule has 0 aliphatic heterocycles. The monoisotopic (exact) mass is 346 g/mol. The van der Waals surface area contributed by atoms with Crippen LogP contribution >= 0.6 is 0 Å². The largest absolute Gasteiger partial charge is 0.478 e. The zero-order valence-corrected chi connectivity index (χ0v) is 12.3. The van der Waals surface area contributed by atoms with Gasteiger partial charge in [-0.05, 0) is 36.4 Å². The van der Waals surface area contributed by atoms with Crippen LogP contribution in [0.2, 0.25) is 0 Å². The van der Waals surface area contributed by atoms with Crippen LogP contribution < -0.4 is 4.74 Å². The summed E-state index contributed by atoms with van der Waals surface area (Å²) in [5.41, 5.74) is -1.61. The summed E-state index contributed by atoms with van der Waals surface area (Å²) in [5.74, 6) is -6.15. The highest BCUT2D eigenvalue weighted by Crippen LogP contribution is 2.28. The maximum Gasteiger partial charge on any atom is 0.339 e. The minimum Gasteiger partial charge on any atom is -0.478 e. The third kappa shape index (κ3) is 3.72. The second kappa shape index (κ2) is 6.71. The minimum absolute atomic E-state index is 0.160. The summed E-state index contributed by atoms with van der Waals surface area (Å²) >= 11 is 0. The summed E-state index contributed by atoms with van der Waals surface area (Å²) < 4.78 is 5.29. The molecule has 2 aromatic rings. The van der Waals surface area contributed by atoms with Crippen molar-refractivity contribution >= 4 is 23.9 Å². The van der Waals surface area contributed by atoms with Crippen LogP contribution in [0.25, 0.3) is 0 Å². The number of ether oxygens (including phenoxy) is 1. The number of carboxylic acids is 4. The second-order valence-corrected chi connectivity index (χ2v) is 4.74. The number of hydrogen-bond donors (Lipinski definition) is 4. The number of aromatic carboxylic acids is 4. The Kier molecular flexibility index (Phi) is 4.69. The van der Waals surface area contributed by atoms with Crippen molar-refractivity contribution in [1.82, 2.24) is 0 Å². The smallest absolute Gasteiger partial charge is 0.339 e. The molecule has 0 saturated carbocycles. The van der Waals surface area contributed by atoms with E-state index in [2.05, 4.69) is 0 Å². The van der Waals surface area contributed by atoms with Gasteiger partial charge in [-0.15, -0.1) is 0 Å². The first-order chi connectivity index (χ1) is 11.7. The molecule has 0 radical (unpaired) electrons. The molecule has 2 aromatic carbocycles. The first-order valence-electron chi connectivity index (χ1n) is 6.60. The highest BCUT2D eigenvalue weighted by atomic mass is 16.5. The van der Waals surface area contributed by atoms with Gasteiger partial charge < -0.3 is 25.2 Å². The Morgan fingerprint density at radius 3 is 1.72 bits per heavy atom. The summed E-state index contributed by atoms with van der Waals surface area (Å²) in [6.45, 7) is 0. The molecule has 0 saturated heterocycles. The molecule has 0 aliphatic carbocycles. The first-order valence-corrected chi connectivity index (χ1v) is 6.60. The third-order valence-electron chi connectivity index (χ3n) is 3.14. The van der Waals surface area contributed by atoms with E-state index in [1.54, 1.807) is 0 Å². The lowest BCUT2D eigenvalue weighted by Crippen LogP contribution is -2.08. The quantitative estimate of drug-likeness (QED) is 0.615. The molecule has 0 heterocycles. The van der Waals surface area contributed by atoms with Crippen LogP contribution in [0, 0.1) is 0 Å². The van der Waals surface area contributed by atoms with Crippen LogP contribution in [0.5, 0.6) is 11.5 Å². The lowest BCUT2D eigenvalue weighted by atomic mass is 10.1. The van der Waals surface area contributed by atoms with Crippen molar-refractivity contribution in [3.8, 4) is 11.5 Å². The van der Waals surface area contributed by atoms with Crippen LogP contribution in [0.15, 0.2) is 36.4 Å². The van der Waals surface area contributed by atoms with Crippen LogP contribution in [0.1, 0.15) is 41.4 Å². The van der Waals surface area contributed by atoms with Crippen LogP contribution in [0.4, 0.5) is 0 Å². The molecule has 128 valence electrons. The van der Waals surface area contributed by atoms with E-state index in [0.717, 1.165) is 36.4 Å². The molecule has 0 atom stereocenters. The zero-order chi connectivity index (χ0) is 18.7. The van der Waals surface area contributed by atoms with Gasteiger partial charge in [-0.1, -0.05) is 0 Å². The fourth-order valence-corrected chi connectivity index (χ4v) is 1.99. The Morgan fingerprint density at radius 1 is 0.640 bits per heavy atom. The Labute approximate surface area is 139 Å². The predicted octanol–water partition coefficient (Wildman–Crippen LogP) is 2.27. The Bertz CT molecular complexity index is 898. The van der Waals surface area contributed by atoms with Gasteiger partial charge in [0.05, 0.1) is 16.7 Å². The van der Waals surface area contributed by atoms with E-state index in [1.807, 2.05) is 0 Å². The van der Waals surface area contributed by atoms with Gasteiger partial charge in [0, 0.05) is 0 Å². The summed E-state index contributed by atoms with van der Waals surface area (Å²) in [6, 6.07) is 6.11. The summed E-state index contributed by atoms with van der Waals surface area (Å²) in [7, 11) is 0. The van der Waals surface area contributed by atoms with Gasteiger partial charge in [0.2, 0.25) is 0 Å². The number of carbonyl (C=O) groups is 4. The SMILES string of the molecule is O=C(O)c1ccc(C(=O)O)c(Oc2ccc(C(=O)O)c(C(=O)O)c2)c1. The lowest BCUT2D eigenvalue weighted by Gasteiger charge is -2.11. The van der Waals surface area contributed by atoms with Crippen molar-refractivity contribution < 1.29 is 44.3 Å². The third-order valence-corrected chi connectivity index (χ3v) is 3.14. The fraction of sp³-hybridized carbons (Fsp3) is 0. The molecule has 4 N–H and O–H groups in total. The maximum atomic E-state index is 11.2. The number of carboxylic acid groups (broad SMARTS) is 4. The highest BCUT2D eigenvalue weighted by molar-refractivity contribution is 6.02. The molecule has 9 nitrogen and oxygen atoms in total. The van der Waals surface area contributed by atoms with Crippen molar-refractivity contribution in [3.63, 3.8) is 0 Å². The van der Waals surface area contributed by atoms with Crippen molar-refractivity contribution in [2.75, 3.05) is 0 Å².